The number of nitrogens with one attached hydrogen (secondary N) is 1. The van der Waals surface area contributed by atoms with E-state index < -0.39 is 0 Å². The Morgan fingerprint density at radius 3 is 2.34 bits per heavy atom. The first-order chi connectivity index (χ1) is 18.8. The van der Waals surface area contributed by atoms with Gasteiger partial charge in [0, 0.05) is 45.1 Å². The summed E-state index contributed by atoms with van der Waals surface area (Å²) in [4.78, 5) is 3.73. The van der Waals surface area contributed by atoms with E-state index in [9.17, 15) is 0 Å². The van der Waals surface area contributed by atoms with Crippen LogP contribution in [0.15, 0.2) is 109 Å². The Hall–Kier alpha value is -4.80. The van der Waals surface area contributed by atoms with Gasteiger partial charge in [0.1, 0.15) is 0 Å². The molecule has 180 valence electrons. The van der Waals surface area contributed by atoms with Gasteiger partial charge in [-0.3, -0.25) is 0 Å². The van der Waals surface area contributed by atoms with Crippen molar-refractivity contribution in [3.05, 3.63) is 132 Å². The Balaban J connectivity index is 1.53. The van der Waals surface area contributed by atoms with Gasteiger partial charge in [-0.1, -0.05) is 115 Å². The molecule has 1 heteroatoms. The van der Waals surface area contributed by atoms with Crippen LogP contribution in [0.25, 0.3) is 56.1 Å². The minimum absolute atomic E-state index is 0.351. The molecule has 1 heterocycles. The second kappa shape index (κ2) is 8.94. The first kappa shape index (κ1) is 22.4. The predicted octanol–water partition coefficient (Wildman–Crippen LogP) is 9.52. The van der Waals surface area contributed by atoms with Crippen molar-refractivity contribution < 1.29 is 0 Å². The van der Waals surface area contributed by atoms with Gasteiger partial charge in [-0.05, 0) is 52.1 Å². The van der Waals surface area contributed by atoms with Gasteiger partial charge in [-0.15, -0.1) is 6.42 Å². The minimum atomic E-state index is 0.351. The molecular weight excluding hydrogens is 458 g/mol. The van der Waals surface area contributed by atoms with Gasteiger partial charge in [0.2, 0.25) is 0 Å². The number of benzene rings is 4. The van der Waals surface area contributed by atoms with E-state index in [4.69, 9.17) is 6.42 Å². The summed E-state index contributed by atoms with van der Waals surface area (Å²) in [7, 11) is 0. The number of fused-ring (bicyclic) bond motifs is 6. The van der Waals surface area contributed by atoms with E-state index in [1.807, 2.05) is 0 Å². The summed E-state index contributed by atoms with van der Waals surface area (Å²) in [5, 5.41) is 3.62. The quantitative estimate of drug-likeness (QED) is 0.245. The molecule has 0 bridgehead atoms. The van der Waals surface area contributed by atoms with Crippen LogP contribution >= 0.6 is 0 Å². The number of H-pyrrole nitrogens is 1. The highest BCUT2D eigenvalue weighted by molar-refractivity contribution is 6.11. The lowest BCUT2D eigenvalue weighted by Crippen LogP contribution is -2.13. The summed E-state index contributed by atoms with van der Waals surface area (Å²) in [6.45, 7) is 2.05. The summed E-state index contributed by atoms with van der Waals surface area (Å²) in [5.74, 6) is 3.86. The molecule has 0 saturated carbocycles. The minimum Gasteiger partial charge on any atom is -0.357 e. The molecule has 38 heavy (non-hydrogen) atoms. The van der Waals surface area contributed by atoms with Gasteiger partial charge in [-0.25, -0.2) is 0 Å². The Kier molecular flexibility index (Phi) is 5.27. The molecule has 0 radical (unpaired) electrons. The number of allylic oxidation sites excluding steroid dienone is 6. The molecule has 0 amide bonds. The van der Waals surface area contributed by atoms with Crippen molar-refractivity contribution in [2.45, 2.75) is 12.8 Å². The van der Waals surface area contributed by atoms with Crippen LogP contribution in [-0.2, 0) is 0 Å². The number of aromatic nitrogens is 1. The third-order valence-electron chi connectivity index (χ3n) is 7.95. The first-order valence-electron chi connectivity index (χ1n) is 13.2. The van der Waals surface area contributed by atoms with Crippen molar-refractivity contribution in [3.8, 4) is 34.6 Å². The van der Waals surface area contributed by atoms with E-state index in [-0.39, 0.29) is 0 Å². The second-order valence-electron chi connectivity index (χ2n) is 10.0. The van der Waals surface area contributed by atoms with Crippen molar-refractivity contribution >= 4 is 33.8 Å². The molecule has 0 fully saturated rings. The van der Waals surface area contributed by atoms with E-state index in [2.05, 4.69) is 139 Å². The zero-order chi connectivity index (χ0) is 25.6. The maximum absolute atomic E-state index is 6.32. The highest BCUT2D eigenvalue weighted by Gasteiger charge is 2.27. The van der Waals surface area contributed by atoms with Crippen molar-refractivity contribution in [1.82, 2.24) is 4.98 Å². The molecule has 0 saturated heterocycles. The van der Waals surface area contributed by atoms with Crippen molar-refractivity contribution in [3.63, 3.8) is 0 Å². The first-order valence-corrected chi connectivity index (χ1v) is 13.2. The Labute approximate surface area is 223 Å². The average Bonchev–Trinajstić information content (AvgIpc) is 3.35. The molecule has 1 aromatic heterocycles. The molecule has 7 rings (SSSR count). The third kappa shape index (κ3) is 3.35. The summed E-state index contributed by atoms with van der Waals surface area (Å²) in [5.41, 5.74) is 10.4. The van der Waals surface area contributed by atoms with Crippen molar-refractivity contribution in [2.75, 3.05) is 0 Å². The standard InChI is InChI=1S/C37H27N/c1-3-12-29-27(4-2)36(31-18-11-10-17-30(31)35(29)25-14-6-5-7-15-25)26-20-22-34-33(23-26)32-21-19-24-13-8-9-16-28(24)37(32)38-34/h2-3,5-24,28,38H,1H3/b12-3-. The zero-order valence-electron chi connectivity index (χ0n) is 21.3. The van der Waals surface area contributed by atoms with Gasteiger partial charge in [0.25, 0.3) is 0 Å². The molecule has 2 aliphatic rings. The molecule has 0 spiro atoms. The summed E-state index contributed by atoms with van der Waals surface area (Å²) < 4.78 is 0. The molecule has 5 aromatic rings. The fourth-order valence-corrected chi connectivity index (χ4v) is 6.29. The zero-order valence-corrected chi connectivity index (χ0v) is 21.3. The van der Waals surface area contributed by atoms with Crippen LogP contribution < -0.4 is 0 Å². The fourth-order valence-electron chi connectivity index (χ4n) is 6.29. The highest BCUT2D eigenvalue weighted by Crippen LogP contribution is 2.45. The van der Waals surface area contributed by atoms with Gasteiger partial charge in [-0.2, -0.15) is 0 Å². The molecule has 2 atom stereocenters. The molecular formula is C37H27N. The molecule has 2 unspecified atom stereocenters. The third-order valence-corrected chi connectivity index (χ3v) is 7.95. The average molecular weight is 486 g/mol. The molecule has 4 aromatic carbocycles. The van der Waals surface area contributed by atoms with Crippen LogP contribution in [0.4, 0.5) is 0 Å². The number of hydrogen-bond donors (Lipinski definition) is 1. The summed E-state index contributed by atoms with van der Waals surface area (Å²) in [6.07, 6.45) is 24.1. The second-order valence-corrected chi connectivity index (χ2v) is 10.0. The summed E-state index contributed by atoms with van der Waals surface area (Å²) in [6, 6.07) is 26.0. The van der Waals surface area contributed by atoms with E-state index in [0.717, 1.165) is 27.8 Å². The van der Waals surface area contributed by atoms with E-state index >= 15 is 0 Å². The Bertz CT molecular complexity index is 1880. The van der Waals surface area contributed by atoms with Crippen LogP contribution in [0, 0.1) is 18.3 Å². The lowest BCUT2D eigenvalue weighted by molar-refractivity contribution is 0.678. The molecule has 0 aliphatic heterocycles. The summed E-state index contributed by atoms with van der Waals surface area (Å²) >= 11 is 0. The largest absolute Gasteiger partial charge is 0.357 e. The van der Waals surface area contributed by atoms with Crippen molar-refractivity contribution in [1.29, 1.82) is 0 Å². The maximum atomic E-state index is 6.32. The van der Waals surface area contributed by atoms with E-state index in [1.165, 1.54) is 38.5 Å². The number of rotatable bonds is 3. The lowest BCUT2D eigenvalue weighted by atomic mass is 9.80. The van der Waals surface area contributed by atoms with Gasteiger partial charge >= 0.3 is 0 Å². The topological polar surface area (TPSA) is 15.8 Å². The predicted molar refractivity (Wildman–Crippen MR) is 163 cm³/mol. The van der Waals surface area contributed by atoms with Gasteiger partial charge in [0.15, 0.2) is 0 Å². The lowest BCUT2D eigenvalue weighted by Gasteiger charge is -2.24. The van der Waals surface area contributed by atoms with Crippen LogP contribution in [-0.4, -0.2) is 4.98 Å². The molecule has 1 nitrogen and oxygen atoms in total. The maximum Gasteiger partial charge on any atom is 0.0462 e. The monoisotopic (exact) mass is 485 g/mol. The molecule has 1 N–H and O–H groups in total. The van der Waals surface area contributed by atoms with Crippen LogP contribution in [0.2, 0.25) is 0 Å². The van der Waals surface area contributed by atoms with Gasteiger partial charge < -0.3 is 4.98 Å². The van der Waals surface area contributed by atoms with Crippen LogP contribution in [0.5, 0.6) is 0 Å². The number of hydrogen-bond acceptors (Lipinski definition) is 0. The van der Waals surface area contributed by atoms with Crippen LogP contribution in [0.3, 0.4) is 0 Å². The van der Waals surface area contributed by atoms with Gasteiger partial charge in [0.05, 0.1) is 0 Å². The Morgan fingerprint density at radius 2 is 1.55 bits per heavy atom. The SMILES string of the molecule is C#Cc1c(/C=C\C)c(-c2ccccc2)c2ccccc2c1-c1ccc2[nH]c3c(c2c1)C=CC1C=CC=CC31. The smallest absolute Gasteiger partial charge is 0.0462 e. The molecule has 2 aliphatic carbocycles. The normalized spacial score (nSPS) is 17.7. The number of terminal acetylenes is 1. The van der Waals surface area contributed by atoms with E-state index in [1.54, 1.807) is 0 Å². The number of aromatic amines is 1. The van der Waals surface area contributed by atoms with Crippen LogP contribution in [0.1, 0.15) is 35.2 Å². The van der Waals surface area contributed by atoms with Crippen molar-refractivity contribution in [2.24, 2.45) is 5.92 Å². The Morgan fingerprint density at radius 1 is 0.789 bits per heavy atom. The van der Waals surface area contributed by atoms with E-state index in [0.29, 0.717) is 11.8 Å². The highest BCUT2D eigenvalue weighted by atomic mass is 14.7. The fraction of sp³-hybridized carbons (Fsp3) is 0.0811.